The van der Waals surface area contributed by atoms with Crippen molar-refractivity contribution in [3.63, 3.8) is 0 Å². The van der Waals surface area contributed by atoms with Crippen molar-refractivity contribution in [1.82, 2.24) is 9.78 Å². The molecule has 7 nitrogen and oxygen atoms in total. The van der Waals surface area contributed by atoms with Gasteiger partial charge < -0.3 is 9.47 Å². The van der Waals surface area contributed by atoms with Crippen molar-refractivity contribution in [2.45, 2.75) is 45.2 Å². The van der Waals surface area contributed by atoms with Crippen molar-refractivity contribution in [3.8, 4) is 11.1 Å². The lowest BCUT2D eigenvalue weighted by molar-refractivity contribution is -0.137. The zero-order valence-electron chi connectivity index (χ0n) is 16.1. The van der Waals surface area contributed by atoms with Gasteiger partial charge in [0.25, 0.3) is 6.47 Å². The fourth-order valence-electron chi connectivity index (χ4n) is 3.02. The van der Waals surface area contributed by atoms with Gasteiger partial charge in [-0.05, 0) is 38.5 Å². The number of hydrogen-bond acceptors (Lipinski definition) is 5. The fourth-order valence-corrected chi connectivity index (χ4v) is 3.02. The van der Waals surface area contributed by atoms with Gasteiger partial charge in [0.15, 0.2) is 0 Å². The van der Waals surface area contributed by atoms with E-state index in [1.807, 2.05) is 0 Å². The third-order valence-corrected chi connectivity index (χ3v) is 4.22. The molecule has 156 valence electrons. The first kappa shape index (κ1) is 20.7. The molecule has 0 radical (unpaired) electrons. The Morgan fingerprint density at radius 3 is 2.38 bits per heavy atom. The van der Waals surface area contributed by atoms with Gasteiger partial charge in [0, 0.05) is 5.56 Å². The van der Waals surface area contributed by atoms with Crippen molar-refractivity contribution < 1.29 is 32.2 Å². The van der Waals surface area contributed by atoms with Crippen molar-refractivity contribution in [3.05, 3.63) is 36.0 Å². The number of nitrogens with zero attached hydrogens (tertiary/aromatic N) is 3. The van der Waals surface area contributed by atoms with Gasteiger partial charge in [0.1, 0.15) is 17.5 Å². The van der Waals surface area contributed by atoms with Crippen LogP contribution in [-0.4, -0.2) is 40.6 Å². The second-order valence-electron chi connectivity index (χ2n) is 7.58. The molecule has 0 saturated heterocycles. The normalized spacial score (nSPS) is 16.9. The largest absolute Gasteiger partial charge is 0.461 e. The number of fused-ring (bicyclic) bond motifs is 1. The van der Waals surface area contributed by atoms with Crippen LogP contribution in [0.5, 0.6) is 0 Å². The van der Waals surface area contributed by atoms with Crippen LogP contribution in [0, 0.1) is 0 Å². The van der Waals surface area contributed by atoms with Crippen LogP contribution in [0.1, 0.15) is 26.3 Å². The molecule has 1 amide bonds. The predicted molar refractivity (Wildman–Crippen MR) is 97.2 cm³/mol. The minimum Gasteiger partial charge on any atom is -0.461 e. The van der Waals surface area contributed by atoms with Gasteiger partial charge in [-0.1, -0.05) is 12.1 Å². The lowest BCUT2D eigenvalue weighted by Gasteiger charge is -2.34. The van der Waals surface area contributed by atoms with Gasteiger partial charge in [0.05, 0.1) is 24.8 Å². The Morgan fingerprint density at radius 1 is 1.17 bits per heavy atom. The van der Waals surface area contributed by atoms with E-state index < -0.39 is 29.5 Å². The van der Waals surface area contributed by atoms with Crippen LogP contribution >= 0.6 is 0 Å². The fraction of sp³-hybridized carbons (Fsp3) is 0.421. The van der Waals surface area contributed by atoms with Crippen molar-refractivity contribution in [2.75, 3.05) is 11.4 Å². The molecule has 29 heavy (non-hydrogen) atoms. The maximum Gasteiger partial charge on any atom is 0.416 e. The van der Waals surface area contributed by atoms with E-state index in [1.165, 1.54) is 27.9 Å². The van der Waals surface area contributed by atoms with E-state index in [0.717, 1.165) is 12.1 Å². The van der Waals surface area contributed by atoms with Gasteiger partial charge in [-0.3, -0.25) is 9.69 Å². The summed E-state index contributed by atoms with van der Waals surface area (Å²) in [6, 6.07) is 4.58. The maximum atomic E-state index is 12.8. The third kappa shape index (κ3) is 4.52. The Labute approximate surface area is 165 Å². The SMILES string of the molecule is CC(C)(C)OC(=O)N1CC(OC=O)Cn2ncc(-c3ccc(C(F)(F)F)cc3)c21. The molecular weight excluding hydrogens is 391 g/mol. The van der Waals surface area contributed by atoms with Gasteiger partial charge >= 0.3 is 12.3 Å². The molecule has 0 spiro atoms. The monoisotopic (exact) mass is 411 g/mol. The molecule has 1 aromatic heterocycles. The number of hydrogen-bond donors (Lipinski definition) is 0. The van der Waals surface area contributed by atoms with Crippen LogP contribution < -0.4 is 4.90 Å². The smallest absolute Gasteiger partial charge is 0.416 e. The molecule has 2 heterocycles. The highest BCUT2D eigenvalue weighted by atomic mass is 19.4. The molecule has 0 aliphatic carbocycles. The molecule has 0 N–H and O–H groups in total. The predicted octanol–water partition coefficient (Wildman–Crippen LogP) is 3.87. The number of amides is 1. The minimum absolute atomic E-state index is 0.0347. The minimum atomic E-state index is -4.45. The summed E-state index contributed by atoms with van der Waals surface area (Å²) in [4.78, 5) is 24.8. The quantitative estimate of drug-likeness (QED) is 0.717. The van der Waals surface area contributed by atoms with Gasteiger partial charge in [-0.25, -0.2) is 9.48 Å². The Balaban J connectivity index is 2.01. The van der Waals surface area contributed by atoms with E-state index in [0.29, 0.717) is 23.4 Å². The van der Waals surface area contributed by atoms with Gasteiger partial charge in [0.2, 0.25) is 0 Å². The van der Waals surface area contributed by atoms with Gasteiger partial charge in [-0.2, -0.15) is 18.3 Å². The molecule has 2 aromatic rings. The standard InChI is InChI=1S/C19H20F3N3O4/c1-18(2,3)29-17(27)24-9-14(28-11-26)10-25-16(24)15(8-23-25)12-4-6-13(7-5-12)19(20,21)22/h4-8,11,14H,9-10H2,1-3H3. The zero-order chi connectivity index (χ0) is 21.4. The third-order valence-electron chi connectivity index (χ3n) is 4.22. The first-order valence-corrected chi connectivity index (χ1v) is 8.82. The molecule has 0 saturated carbocycles. The number of anilines is 1. The van der Waals surface area contributed by atoms with Crippen LogP contribution in [0.25, 0.3) is 11.1 Å². The molecule has 1 aliphatic heterocycles. The maximum absolute atomic E-state index is 12.8. The summed E-state index contributed by atoms with van der Waals surface area (Å²) in [6.45, 7) is 5.66. The van der Waals surface area contributed by atoms with E-state index >= 15 is 0 Å². The Morgan fingerprint density at radius 2 is 1.83 bits per heavy atom. The zero-order valence-corrected chi connectivity index (χ0v) is 16.1. The van der Waals surface area contributed by atoms with E-state index in [-0.39, 0.29) is 13.1 Å². The van der Waals surface area contributed by atoms with Crippen molar-refractivity contribution in [2.24, 2.45) is 0 Å². The van der Waals surface area contributed by atoms with E-state index in [4.69, 9.17) is 9.47 Å². The first-order valence-electron chi connectivity index (χ1n) is 8.82. The summed E-state index contributed by atoms with van der Waals surface area (Å²) >= 11 is 0. The summed E-state index contributed by atoms with van der Waals surface area (Å²) in [7, 11) is 0. The summed E-state index contributed by atoms with van der Waals surface area (Å²) in [5.74, 6) is 0.366. The second-order valence-corrected chi connectivity index (χ2v) is 7.58. The highest BCUT2D eigenvalue weighted by Crippen LogP contribution is 2.36. The molecule has 1 aromatic carbocycles. The van der Waals surface area contributed by atoms with Crippen molar-refractivity contribution in [1.29, 1.82) is 0 Å². The van der Waals surface area contributed by atoms with Crippen LogP contribution in [-0.2, 0) is 27.0 Å². The lowest BCUT2D eigenvalue weighted by Crippen LogP contribution is -2.47. The second kappa shape index (κ2) is 7.41. The number of aromatic nitrogens is 2. The highest BCUT2D eigenvalue weighted by Gasteiger charge is 2.36. The summed E-state index contributed by atoms with van der Waals surface area (Å²) in [5.41, 5.74) is -0.614. The lowest BCUT2D eigenvalue weighted by atomic mass is 10.0. The Kier molecular flexibility index (Phi) is 5.29. The summed E-state index contributed by atoms with van der Waals surface area (Å²) in [5, 5.41) is 4.21. The summed E-state index contributed by atoms with van der Waals surface area (Å²) in [6.07, 6.45) is -4.29. The molecule has 0 fully saturated rings. The van der Waals surface area contributed by atoms with Crippen molar-refractivity contribution >= 4 is 18.4 Å². The molecule has 3 rings (SSSR count). The Hall–Kier alpha value is -3.04. The number of alkyl halides is 3. The molecule has 1 unspecified atom stereocenters. The van der Waals surface area contributed by atoms with E-state index in [2.05, 4.69) is 5.10 Å². The summed E-state index contributed by atoms with van der Waals surface area (Å²) < 4.78 is 50.5. The number of carbonyl (C=O) groups excluding carboxylic acids is 2. The first-order chi connectivity index (χ1) is 13.5. The number of rotatable bonds is 3. The van der Waals surface area contributed by atoms with E-state index in [9.17, 15) is 22.8 Å². The number of benzene rings is 1. The van der Waals surface area contributed by atoms with Crippen LogP contribution in [0.15, 0.2) is 30.5 Å². The molecule has 1 atom stereocenters. The topological polar surface area (TPSA) is 73.7 Å². The van der Waals surface area contributed by atoms with Crippen LogP contribution in [0.4, 0.5) is 23.8 Å². The molecule has 10 heteroatoms. The molecule has 1 aliphatic rings. The average molecular weight is 411 g/mol. The average Bonchev–Trinajstić information content (AvgIpc) is 3.03. The highest BCUT2D eigenvalue weighted by molar-refractivity contribution is 5.93. The van der Waals surface area contributed by atoms with Crippen LogP contribution in [0.3, 0.4) is 0 Å². The van der Waals surface area contributed by atoms with E-state index in [1.54, 1.807) is 20.8 Å². The molecule has 0 bridgehead atoms. The number of halogens is 3. The van der Waals surface area contributed by atoms with Gasteiger partial charge in [-0.15, -0.1) is 0 Å². The number of ether oxygens (including phenoxy) is 2. The Bertz CT molecular complexity index is 901. The molecular formula is C19H20F3N3O4. The number of carbonyl (C=O) groups is 2. The van der Waals surface area contributed by atoms with Crippen LogP contribution in [0.2, 0.25) is 0 Å².